The minimum Gasteiger partial charge on any atom is -0.219 e. The maximum Gasteiger partial charge on any atom is 0.0866 e. The fraction of sp³-hybridized carbons (Fsp3) is 0. The first-order valence-corrected chi connectivity index (χ1v) is 2.58. The Morgan fingerprint density at radius 2 is 2.44 bits per heavy atom. The van der Waals surface area contributed by atoms with Gasteiger partial charge in [-0.3, -0.25) is 0 Å². The minimum absolute atomic E-state index is 0.963. The Labute approximate surface area is 51.1 Å². The topological polar surface area (TPSA) is 43.1 Å². The standard InChI is InChI=1S/C5H4N4/c1-2-5-4-6-7-8-9(5)3-1/h1-4H. The van der Waals surface area contributed by atoms with Crippen molar-refractivity contribution in [3.8, 4) is 0 Å². The average molecular weight is 120 g/mol. The summed E-state index contributed by atoms with van der Waals surface area (Å²) in [6.07, 6.45) is 3.48. The molecule has 0 saturated carbocycles. The fourth-order valence-corrected chi connectivity index (χ4v) is 0.720. The molecule has 0 spiro atoms. The summed E-state index contributed by atoms with van der Waals surface area (Å²) < 4.78 is 1.66. The molecular weight excluding hydrogens is 116 g/mol. The summed E-state index contributed by atoms with van der Waals surface area (Å²) >= 11 is 0. The summed E-state index contributed by atoms with van der Waals surface area (Å²) in [5.74, 6) is 0. The largest absolute Gasteiger partial charge is 0.219 e. The molecule has 0 aromatic carbocycles. The summed E-state index contributed by atoms with van der Waals surface area (Å²) in [4.78, 5) is 0. The lowest BCUT2D eigenvalue weighted by molar-refractivity contribution is 0.730. The van der Waals surface area contributed by atoms with Gasteiger partial charge >= 0.3 is 0 Å². The zero-order chi connectivity index (χ0) is 6.10. The van der Waals surface area contributed by atoms with Gasteiger partial charge in [-0.05, 0) is 22.6 Å². The summed E-state index contributed by atoms with van der Waals surface area (Å²) in [6, 6.07) is 3.81. The van der Waals surface area contributed by atoms with Crippen LogP contribution in [0.5, 0.6) is 0 Å². The van der Waals surface area contributed by atoms with Gasteiger partial charge in [0.2, 0.25) is 0 Å². The van der Waals surface area contributed by atoms with E-state index in [0.717, 1.165) is 5.52 Å². The van der Waals surface area contributed by atoms with Crippen LogP contribution in [-0.2, 0) is 0 Å². The van der Waals surface area contributed by atoms with E-state index in [2.05, 4.69) is 15.5 Å². The van der Waals surface area contributed by atoms with Crippen LogP contribution >= 0.6 is 0 Å². The highest BCUT2D eigenvalue weighted by molar-refractivity contribution is 5.42. The summed E-state index contributed by atoms with van der Waals surface area (Å²) in [6.45, 7) is 0. The van der Waals surface area contributed by atoms with Crippen LogP contribution in [0.4, 0.5) is 0 Å². The molecule has 2 aromatic rings. The van der Waals surface area contributed by atoms with E-state index in [9.17, 15) is 0 Å². The Hall–Kier alpha value is -1.45. The smallest absolute Gasteiger partial charge is 0.0866 e. The van der Waals surface area contributed by atoms with Crippen LogP contribution in [0.2, 0.25) is 0 Å². The lowest BCUT2D eigenvalue weighted by Crippen LogP contribution is -1.93. The number of hydrogen-bond acceptors (Lipinski definition) is 3. The molecule has 0 radical (unpaired) electrons. The highest BCUT2D eigenvalue weighted by atomic mass is 15.5. The molecule has 2 aromatic heterocycles. The van der Waals surface area contributed by atoms with Gasteiger partial charge < -0.3 is 0 Å². The number of nitrogens with zero attached hydrogens (tertiary/aromatic N) is 4. The molecule has 0 fully saturated rings. The minimum atomic E-state index is 0.963. The number of fused-ring (bicyclic) bond motifs is 1. The lowest BCUT2D eigenvalue weighted by Gasteiger charge is -1.84. The Kier molecular flexibility index (Phi) is 0.745. The molecule has 0 aliphatic carbocycles. The molecule has 0 aliphatic heterocycles. The molecular formula is C5H4N4. The number of aromatic nitrogens is 4. The first-order valence-electron chi connectivity index (χ1n) is 2.58. The first kappa shape index (κ1) is 4.43. The molecule has 0 atom stereocenters. The normalized spacial score (nSPS) is 10.2. The molecule has 0 aliphatic rings. The zero-order valence-electron chi connectivity index (χ0n) is 4.60. The first-order chi connectivity index (χ1) is 4.47. The summed E-state index contributed by atoms with van der Waals surface area (Å²) in [7, 11) is 0. The molecule has 4 heteroatoms. The Morgan fingerprint density at radius 1 is 1.44 bits per heavy atom. The van der Waals surface area contributed by atoms with E-state index in [1.807, 2.05) is 18.3 Å². The van der Waals surface area contributed by atoms with Crippen molar-refractivity contribution in [1.29, 1.82) is 0 Å². The molecule has 9 heavy (non-hydrogen) atoms. The second-order valence-corrected chi connectivity index (χ2v) is 1.70. The van der Waals surface area contributed by atoms with E-state index in [1.54, 1.807) is 10.7 Å². The Morgan fingerprint density at radius 3 is 3.33 bits per heavy atom. The van der Waals surface area contributed by atoms with E-state index < -0.39 is 0 Å². The van der Waals surface area contributed by atoms with Gasteiger partial charge in [-0.2, -0.15) is 0 Å². The monoisotopic (exact) mass is 120 g/mol. The third-order valence-electron chi connectivity index (χ3n) is 1.14. The van der Waals surface area contributed by atoms with Crippen molar-refractivity contribution in [3.63, 3.8) is 0 Å². The second-order valence-electron chi connectivity index (χ2n) is 1.70. The molecule has 2 heterocycles. The highest BCUT2D eigenvalue weighted by Gasteiger charge is 1.87. The van der Waals surface area contributed by atoms with Crippen LogP contribution in [0.3, 0.4) is 0 Å². The Bertz CT molecular complexity index is 283. The maximum absolute atomic E-state index is 3.70. The molecule has 0 N–H and O–H groups in total. The maximum atomic E-state index is 3.70. The Balaban J connectivity index is 2.95. The van der Waals surface area contributed by atoms with E-state index in [0.29, 0.717) is 0 Å². The molecule has 4 nitrogen and oxygen atoms in total. The zero-order valence-corrected chi connectivity index (χ0v) is 4.60. The molecule has 44 valence electrons. The van der Waals surface area contributed by atoms with Crippen LogP contribution in [-0.4, -0.2) is 20.0 Å². The molecule has 0 unspecified atom stereocenters. The fourth-order valence-electron chi connectivity index (χ4n) is 0.720. The molecule has 2 rings (SSSR count). The average Bonchev–Trinajstić information content (AvgIpc) is 2.33. The van der Waals surface area contributed by atoms with Crippen molar-refractivity contribution in [2.24, 2.45) is 0 Å². The quantitative estimate of drug-likeness (QED) is 0.496. The predicted molar refractivity (Wildman–Crippen MR) is 30.8 cm³/mol. The third kappa shape index (κ3) is 0.561. The van der Waals surface area contributed by atoms with Gasteiger partial charge in [-0.1, -0.05) is 0 Å². The second kappa shape index (κ2) is 1.51. The van der Waals surface area contributed by atoms with Crippen molar-refractivity contribution in [2.75, 3.05) is 0 Å². The van der Waals surface area contributed by atoms with Crippen molar-refractivity contribution in [1.82, 2.24) is 20.0 Å². The van der Waals surface area contributed by atoms with Crippen LogP contribution in [0.15, 0.2) is 24.5 Å². The van der Waals surface area contributed by atoms with Crippen molar-refractivity contribution in [2.45, 2.75) is 0 Å². The predicted octanol–water partition coefficient (Wildman–Crippen LogP) is 0.124. The van der Waals surface area contributed by atoms with Crippen LogP contribution in [0.1, 0.15) is 0 Å². The van der Waals surface area contributed by atoms with Gasteiger partial charge in [-0.15, -0.1) is 5.10 Å². The van der Waals surface area contributed by atoms with Gasteiger partial charge in [0.25, 0.3) is 0 Å². The van der Waals surface area contributed by atoms with Crippen LogP contribution < -0.4 is 0 Å². The van der Waals surface area contributed by atoms with Gasteiger partial charge in [0.15, 0.2) is 0 Å². The van der Waals surface area contributed by atoms with E-state index in [-0.39, 0.29) is 0 Å². The summed E-state index contributed by atoms with van der Waals surface area (Å²) in [5, 5.41) is 10.7. The van der Waals surface area contributed by atoms with E-state index >= 15 is 0 Å². The van der Waals surface area contributed by atoms with Crippen molar-refractivity contribution in [3.05, 3.63) is 24.5 Å². The number of hydrogen-bond donors (Lipinski definition) is 0. The highest BCUT2D eigenvalue weighted by Crippen LogP contribution is 1.95. The molecule has 0 bridgehead atoms. The van der Waals surface area contributed by atoms with Crippen molar-refractivity contribution < 1.29 is 0 Å². The van der Waals surface area contributed by atoms with Crippen LogP contribution in [0, 0.1) is 0 Å². The van der Waals surface area contributed by atoms with Crippen molar-refractivity contribution >= 4 is 5.52 Å². The number of rotatable bonds is 0. The van der Waals surface area contributed by atoms with E-state index in [4.69, 9.17) is 0 Å². The molecule has 0 amide bonds. The summed E-state index contributed by atoms with van der Waals surface area (Å²) in [5.41, 5.74) is 0.963. The van der Waals surface area contributed by atoms with Gasteiger partial charge in [0.05, 0.1) is 11.7 Å². The van der Waals surface area contributed by atoms with Gasteiger partial charge in [-0.25, -0.2) is 4.52 Å². The van der Waals surface area contributed by atoms with Gasteiger partial charge in [0.1, 0.15) is 0 Å². The third-order valence-corrected chi connectivity index (χ3v) is 1.14. The SMILES string of the molecule is c1cc2cnnnn2c1. The van der Waals surface area contributed by atoms with E-state index in [1.165, 1.54) is 0 Å². The lowest BCUT2D eigenvalue weighted by atomic mass is 10.6. The van der Waals surface area contributed by atoms with Gasteiger partial charge in [0, 0.05) is 6.20 Å². The molecule has 0 saturated heterocycles. The van der Waals surface area contributed by atoms with Crippen LogP contribution in [0.25, 0.3) is 5.52 Å².